The van der Waals surface area contributed by atoms with Gasteiger partial charge in [0.2, 0.25) is 5.91 Å². The van der Waals surface area contributed by atoms with Gasteiger partial charge >= 0.3 is 0 Å². The number of benzene rings is 1. The summed E-state index contributed by atoms with van der Waals surface area (Å²) < 4.78 is 0. The molecule has 0 radical (unpaired) electrons. The van der Waals surface area contributed by atoms with Crippen molar-refractivity contribution in [1.82, 2.24) is 5.32 Å². The fourth-order valence-corrected chi connectivity index (χ4v) is 1.97. The average molecular weight is 234 g/mol. The molecule has 1 unspecified atom stereocenters. The monoisotopic (exact) mass is 234 g/mol. The van der Waals surface area contributed by atoms with E-state index in [9.17, 15) is 4.79 Å². The van der Waals surface area contributed by atoms with Gasteiger partial charge in [0.05, 0.1) is 5.92 Å². The molecule has 1 rings (SSSR count). The van der Waals surface area contributed by atoms with Crippen LogP contribution in [0.5, 0.6) is 0 Å². The molecule has 0 saturated carbocycles. The maximum Gasteiger partial charge on any atom is 0.224 e. The van der Waals surface area contributed by atoms with Gasteiger partial charge in [-0.25, -0.2) is 0 Å². The molecule has 3 heteroatoms. The number of hydrogen-bond acceptors (Lipinski definition) is 2. The number of carbonyl (C=O) groups excluding carboxylic acids is 1. The highest BCUT2D eigenvalue weighted by atomic mass is 16.1. The van der Waals surface area contributed by atoms with Crippen LogP contribution >= 0.6 is 0 Å². The Morgan fingerprint density at radius 1 is 1.29 bits per heavy atom. The Morgan fingerprint density at radius 2 is 1.94 bits per heavy atom. The molecular weight excluding hydrogens is 212 g/mol. The lowest BCUT2D eigenvalue weighted by molar-refractivity contribution is -0.124. The SMILES string of the molecule is CCNC(=O)C(CN)Cc1ccccc1CC. The van der Waals surface area contributed by atoms with Gasteiger partial charge in [-0.15, -0.1) is 0 Å². The number of rotatable bonds is 6. The fraction of sp³-hybridized carbons (Fsp3) is 0.500. The first kappa shape index (κ1) is 13.7. The number of carbonyl (C=O) groups is 1. The average Bonchev–Trinajstić information content (AvgIpc) is 2.36. The van der Waals surface area contributed by atoms with E-state index in [-0.39, 0.29) is 11.8 Å². The van der Waals surface area contributed by atoms with Gasteiger partial charge in [0.15, 0.2) is 0 Å². The molecule has 0 aliphatic heterocycles. The van der Waals surface area contributed by atoms with Gasteiger partial charge in [0.25, 0.3) is 0 Å². The number of hydrogen-bond donors (Lipinski definition) is 2. The Balaban J connectivity index is 2.76. The third-order valence-corrected chi connectivity index (χ3v) is 2.97. The highest BCUT2D eigenvalue weighted by molar-refractivity contribution is 5.79. The van der Waals surface area contributed by atoms with Crippen LogP contribution < -0.4 is 11.1 Å². The Labute approximate surface area is 103 Å². The maximum absolute atomic E-state index is 11.8. The van der Waals surface area contributed by atoms with Crippen molar-refractivity contribution in [2.24, 2.45) is 11.7 Å². The molecule has 17 heavy (non-hydrogen) atoms. The predicted molar refractivity (Wildman–Crippen MR) is 70.8 cm³/mol. The molecule has 0 saturated heterocycles. The van der Waals surface area contributed by atoms with Gasteiger partial charge < -0.3 is 11.1 Å². The van der Waals surface area contributed by atoms with E-state index >= 15 is 0 Å². The third-order valence-electron chi connectivity index (χ3n) is 2.97. The molecule has 0 aromatic heterocycles. The zero-order chi connectivity index (χ0) is 12.7. The molecule has 0 fully saturated rings. The van der Waals surface area contributed by atoms with Gasteiger partial charge in [-0.05, 0) is 30.9 Å². The summed E-state index contributed by atoms with van der Waals surface area (Å²) in [7, 11) is 0. The van der Waals surface area contributed by atoms with Crippen molar-refractivity contribution in [3.8, 4) is 0 Å². The highest BCUT2D eigenvalue weighted by Crippen LogP contribution is 2.14. The lowest BCUT2D eigenvalue weighted by atomic mass is 9.94. The van der Waals surface area contributed by atoms with Crippen LogP contribution in [0.3, 0.4) is 0 Å². The van der Waals surface area contributed by atoms with Crippen LogP contribution in [0.2, 0.25) is 0 Å². The smallest absolute Gasteiger partial charge is 0.224 e. The summed E-state index contributed by atoms with van der Waals surface area (Å²) in [4.78, 5) is 11.8. The van der Waals surface area contributed by atoms with Crippen molar-refractivity contribution in [3.63, 3.8) is 0 Å². The van der Waals surface area contributed by atoms with Crippen molar-refractivity contribution in [1.29, 1.82) is 0 Å². The van der Waals surface area contributed by atoms with Crippen LogP contribution in [0.25, 0.3) is 0 Å². The Bertz CT molecular complexity index is 363. The minimum Gasteiger partial charge on any atom is -0.356 e. The number of nitrogens with two attached hydrogens (primary N) is 1. The molecule has 94 valence electrons. The van der Waals surface area contributed by atoms with E-state index in [1.165, 1.54) is 11.1 Å². The molecule has 0 aliphatic carbocycles. The van der Waals surface area contributed by atoms with E-state index in [0.29, 0.717) is 13.1 Å². The molecule has 1 amide bonds. The van der Waals surface area contributed by atoms with Gasteiger partial charge in [-0.2, -0.15) is 0 Å². The molecule has 3 N–H and O–H groups in total. The summed E-state index contributed by atoms with van der Waals surface area (Å²) in [5.41, 5.74) is 8.22. The summed E-state index contributed by atoms with van der Waals surface area (Å²) >= 11 is 0. The lowest BCUT2D eigenvalue weighted by Crippen LogP contribution is -2.36. The number of amides is 1. The van der Waals surface area contributed by atoms with Gasteiger partial charge in [0, 0.05) is 13.1 Å². The van der Waals surface area contributed by atoms with Crippen LogP contribution in [-0.2, 0) is 17.6 Å². The predicted octanol–water partition coefficient (Wildman–Crippen LogP) is 1.50. The molecule has 1 aromatic rings. The Hall–Kier alpha value is -1.35. The molecule has 0 aliphatic rings. The minimum absolute atomic E-state index is 0.0564. The van der Waals surface area contributed by atoms with Crippen LogP contribution in [0.1, 0.15) is 25.0 Å². The van der Waals surface area contributed by atoms with Crippen molar-refractivity contribution < 1.29 is 4.79 Å². The fourth-order valence-electron chi connectivity index (χ4n) is 1.97. The first-order valence-electron chi connectivity index (χ1n) is 6.27. The Kier molecular flexibility index (Phi) is 5.70. The molecule has 1 atom stereocenters. The summed E-state index contributed by atoms with van der Waals surface area (Å²) in [6, 6.07) is 8.24. The first-order valence-corrected chi connectivity index (χ1v) is 6.27. The van der Waals surface area contributed by atoms with Crippen LogP contribution in [-0.4, -0.2) is 19.0 Å². The molecule has 0 bridgehead atoms. The summed E-state index contributed by atoms with van der Waals surface area (Å²) in [5, 5.41) is 2.84. The van der Waals surface area contributed by atoms with Gasteiger partial charge in [-0.3, -0.25) is 4.79 Å². The van der Waals surface area contributed by atoms with E-state index in [1.54, 1.807) is 0 Å². The van der Waals surface area contributed by atoms with E-state index in [2.05, 4.69) is 24.4 Å². The first-order chi connectivity index (χ1) is 8.22. The number of aryl methyl sites for hydroxylation is 1. The van der Waals surface area contributed by atoms with E-state index in [0.717, 1.165) is 12.8 Å². The number of nitrogens with one attached hydrogen (secondary N) is 1. The van der Waals surface area contributed by atoms with Crippen LogP contribution in [0, 0.1) is 5.92 Å². The summed E-state index contributed by atoms with van der Waals surface area (Å²) in [5.74, 6) is -0.0662. The van der Waals surface area contributed by atoms with Gasteiger partial charge in [0.1, 0.15) is 0 Å². The second-order valence-corrected chi connectivity index (χ2v) is 4.15. The van der Waals surface area contributed by atoms with Crippen molar-refractivity contribution in [2.45, 2.75) is 26.7 Å². The normalized spacial score (nSPS) is 12.2. The topological polar surface area (TPSA) is 55.1 Å². The maximum atomic E-state index is 11.8. The standard InChI is InChI=1S/C14H22N2O/c1-3-11-7-5-6-8-12(11)9-13(10-15)14(17)16-4-2/h5-8,13H,3-4,9-10,15H2,1-2H3,(H,16,17). The van der Waals surface area contributed by atoms with Crippen molar-refractivity contribution in [2.75, 3.05) is 13.1 Å². The van der Waals surface area contributed by atoms with E-state index < -0.39 is 0 Å². The second-order valence-electron chi connectivity index (χ2n) is 4.15. The third kappa shape index (κ3) is 3.86. The van der Waals surface area contributed by atoms with E-state index in [4.69, 9.17) is 5.73 Å². The van der Waals surface area contributed by atoms with Crippen LogP contribution in [0.4, 0.5) is 0 Å². The van der Waals surface area contributed by atoms with Gasteiger partial charge in [-0.1, -0.05) is 31.2 Å². The minimum atomic E-state index is -0.123. The lowest BCUT2D eigenvalue weighted by Gasteiger charge is -2.16. The zero-order valence-electron chi connectivity index (χ0n) is 10.7. The van der Waals surface area contributed by atoms with E-state index in [1.807, 2.05) is 19.1 Å². The van der Waals surface area contributed by atoms with Crippen LogP contribution in [0.15, 0.2) is 24.3 Å². The summed E-state index contributed by atoms with van der Waals surface area (Å²) in [6.45, 7) is 5.10. The molecule has 1 aromatic carbocycles. The quantitative estimate of drug-likeness (QED) is 0.783. The highest BCUT2D eigenvalue weighted by Gasteiger charge is 2.17. The molecular formula is C14H22N2O. The molecule has 0 heterocycles. The molecule has 3 nitrogen and oxygen atoms in total. The second kappa shape index (κ2) is 7.07. The molecule has 0 spiro atoms. The largest absolute Gasteiger partial charge is 0.356 e. The zero-order valence-corrected chi connectivity index (χ0v) is 10.7. The summed E-state index contributed by atoms with van der Waals surface area (Å²) in [6.07, 6.45) is 1.72. The van der Waals surface area contributed by atoms with Crippen molar-refractivity contribution in [3.05, 3.63) is 35.4 Å². The Morgan fingerprint density at radius 3 is 2.47 bits per heavy atom. The van der Waals surface area contributed by atoms with Crippen molar-refractivity contribution >= 4 is 5.91 Å².